The van der Waals surface area contributed by atoms with Crippen LogP contribution in [-0.4, -0.2) is 66.5 Å². The number of aromatic nitrogens is 1. The van der Waals surface area contributed by atoms with Gasteiger partial charge in [-0.3, -0.25) is 10.3 Å². The number of nitrogens with zero attached hydrogens (tertiary/aromatic N) is 5. The molecule has 0 radical (unpaired) electrons. The van der Waals surface area contributed by atoms with Gasteiger partial charge < -0.3 is 21.7 Å². The number of thiazole rings is 1. The fourth-order valence-corrected chi connectivity index (χ4v) is 6.92. The third kappa shape index (κ3) is 12.7. The summed E-state index contributed by atoms with van der Waals surface area (Å²) in [6.45, 7) is 5.54. The van der Waals surface area contributed by atoms with Crippen LogP contribution in [0.4, 0.5) is 5.13 Å². The molecule has 0 fully saturated rings. The van der Waals surface area contributed by atoms with Gasteiger partial charge in [0, 0.05) is 42.3 Å². The topological polar surface area (TPSA) is 141 Å². The van der Waals surface area contributed by atoms with Gasteiger partial charge in [0.25, 0.3) is 0 Å². The third-order valence-corrected chi connectivity index (χ3v) is 9.26. The van der Waals surface area contributed by atoms with E-state index in [2.05, 4.69) is 99.1 Å². The number of thioether (sulfide) groups is 2. The monoisotopic (exact) mass is 623 g/mol. The second-order valence-electron chi connectivity index (χ2n) is 9.69. The zero-order valence-corrected chi connectivity index (χ0v) is 26.8. The summed E-state index contributed by atoms with van der Waals surface area (Å²) in [6, 6.07) is 19.7. The van der Waals surface area contributed by atoms with Crippen molar-refractivity contribution < 1.29 is 0 Å². The van der Waals surface area contributed by atoms with E-state index in [1.165, 1.54) is 28.0 Å². The van der Waals surface area contributed by atoms with Crippen LogP contribution in [0.5, 0.6) is 0 Å². The smallest absolute Gasteiger partial charge is 0.212 e. The van der Waals surface area contributed by atoms with Crippen LogP contribution in [0.25, 0.3) is 0 Å². The van der Waals surface area contributed by atoms with E-state index in [0.717, 1.165) is 48.9 Å². The lowest BCUT2D eigenvalue weighted by Gasteiger charge is -2.21. The molecule has 2 aromatic carbocycles. The highest BCUT2D eigenvalue weighted by atomic mass is 32.2. The minimum absolute atomic E-state index is 0.0116. The molecular weight excluding hydrogens is 583 g/mol. The van der Waals surface area contributed by atoms with Crippen molar-refractivity contribution >= 4 is 51.9 Å². The lowest BCUT2D eigenvalue weighted by molar-refractivity contribution is 0.347. The molecule has 0 aliphatic carbocycles. The van der Waals surface area contributed by atoms with Crippen molar-refractivity contribution in [2.24, 2.45) is 21.5 Å². The molecule has 3 rings (SSSR count). The predicted molar refractivity (Wildman–Crippen MR) is 181 cm³/mol. The van der Waals surface area contributed by atoms with Crippen LogP contribution >= 0.6 is 34.9 Å². The Labute approximate surface area is 262 Å². The molecule has 0 spiro atoms. The van der Waals surface area contributed by atoms with Crippen molar-refractivity contribution in [3.63, 3.8) is 0 Å². The van der Waals surface area contributed by atoms with Gasteiger partial charge in [-0.25, -0.2) is 4.98 Å². The first kappa shape index (κ1) is 33.3. The summed E-state index contributed by atoms with van der Waals surface area (Å²) >= 11 is 5.15. The molecule has 12 heteroatoms. The summed E-state index contributed by atoms with van der Waals surface area (Å²) in [4.78, 5) is 15.3. The van der Waals surface area contributed by atoms with Crippen LogP contribution in [-0.2, 0) is 5.75 Å². The largest absolute Gasteiger partial charge is 0.370 e. The normalized spacial score (nSPS) is 12.1. The Hall–Kier alpha value is -3.24. The van der Waals surface area contributed by atoms with Gasteiger partial charge in [0.1, 0.15) is 0 Å². The van der Waals surface area contributed by atoms with Gasteiger partial charge in [-0.2, -0.15) is 22.0 Å². The average Bonchev–Trinajstić information content (AvgIpc) is 3.42. The van der Waals surface area contributed by atoms with Crippen LogP contribution in [0, 0.1) is 18.4 Å². The minimum Gasteiger partial charge on any atom is -0.370 e. The molecule has 1 unspecified atom stereocenters. The van der Waals surface area contributed by atoms with Crippen LogP contribution in [0.3, 0.4) is 0 Å². The van der Waals surface area contributed by atoms with Gasteiger partial charge in [-0.05, 0) is 44.5 Å². The summed E-state index contributed by atoms with van der Waals surface area (Å²) in [7, 11) is 2.18. The molecule has 1 heterocycles. The number of benzene rings is 2. The number of hydrogen-bond donors (Lipinski definition) is 4. The van der Waals surface area contributed by atoms with E-state index in [4.69, 9.17) is 16.7 Å². The second kappa shape index (κ2) is 19.0. The molecule has 0 saturated carbocycles. The molecule has 1 aromatic heterocycles. The van der Waals surface area contributed by atoms with E-state index in [0.29, 0.717) is 29.4 Å². The maximum atomic E-state index is 9.08. The molecule has 9 nitrogen and oxygen atoms in total. The van der Waals surface area contributed by atoms with E-state index in [9.17, 15) is 0 Å². The fraction of sp³-hybridized carbons (Fsp3) is 0.400. The molecule has 0 bridgehead atoms. The number of nitrogens with two attached hydrogens (primary N) is 2. The molecule has 6 N–H and O–H groups in total. The standard InChI is InChI=1S/C30H41N9S3/c1-23-10-12-25(13-11-23)27(24-8-4-3-5-9-24)41-19-17-39(2)16-7-6-14-34-29(36-22-31)35-15-18-40-20-26-21-42-30(37-26)38-28(32)33/h3-5,8-13,21,27H,6-7,14-20H2,1-2H3,(H2,34,35,36)(H4,32,33,37,38). The van der Waals surface area contributed by atoms with Crippen molar-refractivity contribution in [1.29, 1.82) is 5.26 Å². The van der Waals surface area contributed by atoms with Crippen LogP contribution in [0.15, 0.2) is 70.0 Å². The van der Waals surface area contributed by atoms with Gasteiger partial charge in [0.05, 0.1) is 10.9 Å². The maximum Gasteiger partial charge on any atom is 0.212 e. The molecule has 0 aliphatic rings. The lowest BCUT2D eigenvalue weighted by atomic mass is 10.0. The Morgan fingerprint density at radius 2 is 1.83 bits per heavy atom. The highest BCUT2D eigenvalue weighted by molar-refractivity contribution is 7.99. The zero-order chi connectivity index (χ0) is 30.0. The Balaban J connectivity index is 1.31. The highest BCUT2D eigenvalue weighted by Crippen LogP contribution is 2.35. The zero-order valence-electron chi connectivity index (χ0n) is 24.3. The molecule has 224 valence electrons. The van der Waals surface area contributed by atoms with E-state index in [1.807, 2.05) is 23.3 Å². The van der Waals surface area contributed by atoms with Gasteiger partial charge in [-0.1, -0.05) is 60.2 Å². The fourth-order valence-electron chi connectivity index (χ4n) is 4.01. The van der Waals surface area contributed by atoms with Gasteiger partial charge >= 0.3 is 0 Å². The lowest BCUT2D eigenvalue weighted by Crippen LogP contribution is -2.36. The first-order chi connectivity index (χ1) is 20.4. The number of hydrogen-bond acceptors (Lipinski definition) is 8. The van der Waals surface area contributed by atoms with Gasteiger partial charge in [-0.15, -0.1) is 23.1 Å². The van der Waals surface area contributed by atoms with Crippen molar-refractivity contribution in [2.45, 2.75) is 30.8 Å². The number of unbranched alkanes of at least 4 members (excludes halogenated alkanes) is 1. The Morgan fingerprint density at radius 1 is 1.07 bits per heavy atom. The van der Waals surface area contributed by atoms with Crippen LogP contribution in [0.1, 0.15) is 40.5 Å². The number of nitrogens with one attached hydrogen (secondary N) is 2. The molecule has 0 amide bonds. The number of aryl methyl sites for hydroxylation is 1. The Kier molecular flexibility index (Phi) is 15.1. The highest BCUT2D eigenvalue weighted by Gasteiger charge is 2.14. The predicted octanol–water partition coefficient (Wildman–Crippen LogP) is 4.84. The van der Waals surface area contributed by atoms with Crippen LogP contribution in [0.2, 0.25) is 0 Å². The third-order valence-electron chi connectivity index (χ3n) is 6.19. The van der Waals surface area contributed by atoms with E-state index in [-0.39, 0.29) is 5.96 Å². The first-order valence-corrected chi connectivity index (χ1v) is 17.0. The molecule has 0 aliphatic heterocycles. The number of aliphatic imine (C=N–C) groups is 2. The average molecular weight is 624 g/mol. The molecule has 1 atom stereocenters. The summed E-state index contributed by atoms with van der Waals surface area (Å²) in [5.74, 6) is 3.20. The van der Waals surface area contributed by atoms with Crippen LogP contribution < -0.4 is 22.1 Å². The number of nitriles is 1. The summed E-state index contributed by atoms with van der Waals surface area (Å²) in [5.41, 5.74) is 15.7. The summed E-state index contributed by atoms with van der Waals surface area (Å²) in [5, 5.41) is 17.8. The summed E-state index contributed by atoms with van der Waals surface area (Å²) in [6.07, 6.45) is 3.98. The molecule has 0 saturated heterocycles. The number of rotatable bonds is 17. The van der Waals surface area contributed by atoms with E-state index in [1.54, 1.807) is 11.8 Å². The van der Waals surface area contributed by atoms with E-state index < -0.39 is 0 Å². The quantitative estimate of drug-likeness (QED) is 0.0546. The van der Waals surface area contributed by atoms with E-state index >= 15 is 0 Å². The minimum atomic E-state index is 0.0116. The second-order valence-corrected chi connectivity index (χ2v) is 12.8. The van der Waals surface area contributed by atoms with Crippen molar-refractivity contribution in [1.82, 2.24) is 20.5 Å². The molecule has 3 aromatic rings. The summed E-state index contributed by atoms with van der Waals surface area (Å²) < 4.78 is 0. The molecular formula is C30H41N9S3. The van der Waals surface area contributed by atoms with Crippen molar-refractivity contribution in [3.8, 4) is 6.19 Å². The Morgan fingerprint density at radius 3 is 2.57 bits per heavy atom. The Bertz CT molecular complexity index is 1280. The number of guanidine groups is 2. The van der Waals surface area contributed by atoms with Gasteiger partial charge in [0.2, 0.25) is 11.1 Å². The van der Waals surface area contributed by atoms with Crippen molar-refractivity contribution in [2.75, 3.05) is 44.7 Å². The maximum absolute atomic E-state index is 9.08. The van der Waals surface area contributed by atoms with Gasteiger partial charge in [0.15, 0.2) is 12.2 Å². The first-order valence-electron chi connectivity index (χ1n) is 13.9. The molecule has 42 heavy (non-hydrogen) atoms. The van der Waals surface area contributed by atoms with Crippen molar-refractivity contribution in [3.05, 3.63) is 82.4 Å². The SMILES string of the molecule is Cc1ccc(C(SCCN(C)CCCC/N=C(\NC#N)NCCSCc2csc(N=C(N)N)n2)c2ccccc2)cc1.